The van der Waals surface area contributed by atoms with Crippen LogP contribution in [0, 0.1) is 5.92 Å². The Hall–Kier alpha value is -0.920. The minimum Gasteiger partial charge on any atom is -0.300 e. The number of carbonyl (C=O) groups excluding carboxylic acids is 2. The molecule has 0 aromatic carbocycles. The normalized spacial score (nSPS) is 11.0. The van der Waals surface area contributed by atoms with Crippen molar-refractivity contribution < 1.29 is 9.59 Å². The van der Waals surface area contributed by atoms with E-state index in [1.54, 1.807) is 13.0 Å². The molecule has 0 fully saturated rings. The van der Waals surface area contributed by atoms with Gasteiger partial charge in [0.2, 0.25) is 0 Å². The fourth-order valence-electron chi connectivity index (χ4n) is 0.870. The summed E-state index contributed by atoms with van der Waals surface area (Å²) in [7, 11) is 0. The van der Waals surface area contributed by atoms with Crippen molar-refractivity contribution >= 4 is 11.6 Å². The predicted molar refractivity (Wildman–Crippen MR) is 67.0 cm³/mol. The van der Waals surface area contributed by atoms with Gasteiger partial charge < -0.3 is 4.79 Å². The van der Waals surface area contributed by atoms with E-state index in [4.69, 9.17) is 0 Å². The Kier molecular flexibility index (Phi) is 17.1. The van der Waals surface area contributed by atoms with Crippen LogP contribution in [-0.4, -0.2) is 11.6 Å². The van der Waals surface area contributed by atoms with Crippen molar-refractivity contribution in [2.45, 2.75) is 54.9 Å². The summed E-state index contributed by atoms with van der Waals surface area (Å²) in [5, 5.41) is 0. The van der Waals surface area contributed by atoms with Crippen molar-refractivity contribution in [3.8, 4) is 0 Å². The van der Waals surface area contributed by atoms with Gasteiger partial charge in [0.25, 0.3) is 0 Å². The molecule has 0 heterocycles. The third-order valence-electron chi connectivity index (χ3n) is 1.73. The zero-order chi connectivity index (χ0) is 11.6. The smallest absolute Gasteiger partial charge is 0.152 e. The molecule has 2 heteroatoms. The quantitative estimate of drug-likeness (QED) is 0.667. The average Bonchev–Trinajstić information content (AvgIpc) is 2.03. The highest BCUT2D eigenvalue weighted by Crippen LogP contribution is 2.05. The maximum atomic E-state index is 10.4. The average molecular weight is 214 g/mol. The van der Waals surface area contributed by atoms with Crippen molar-refractivity contribution in [2.75, 3.05) is 0 Å². The maximum Gasteiger partial charge on any atom is 0.152 e. The van der Waals surface area contributed by atoms with Gasteiger partial charge in [0.15, 0.2) is 5.78 Å². The van der Waals surface area contributed by atoms with Crippen molar-refractivity contribution in [1.29, 1.82) is 0 Å². The zero-order valence-electron chi connectivity index (χ0n) is 9.96. The molecule has 0 aliphatic heterocycles. The van der Waals surface area contributed by atoms with Gasteiger partial charge in [0, 0.05) is 6.42 Å². The minimum atomic E-state index is 0. The topological polar surface area (TPSA) is 34.1 Å². The third kappa shape index (κ3) is 24.6. The van der Waals surface area contributed by atoms with Crippen molar-refractivity contribution in [3.05, 3.63) is 12.2 Å². The summed E-state index contributed by atoms with van der Waals surface area (Å²) in [5.41, 5.74) is 0. The number of Topliss-reactive ketones (excluding diaryl/α,β-unsaturated/α-hetero) is 1. The molecule has 0 aliphatic carbocycles. The molecular weight excluding hydrogens is 188 g/mol. The van der Waals surface area contributed by atoms with Crippen LogP contribution in [0.1, 0.15) is 54.9 Å². The van der Waals surface area contributed by atoms with E-state index in [2.05, 4.69) is 13.8 Å². The van der Waals surface area contributed by atoms with E-state index in [0.717, 1.165) is 12.8 Å². The van der Waals surface area contributed by atoms with Crippen LogP contribution >= 0.6 is 0 Å². The van der Waals surface area contributed by atoms with E-state index < -0.39 is 0 Å². The van der Waals surface area contributed by atoms with Crippen LogP contribution in [0.25, 0.3) is 0 Å². The summed E-state index contributed by atoms with van der Waals surface area (Å²) < 4.78 is 0. The van der Waals surface area contributed by atoms with Gasteiger partial charge in [0.1, 0.15) is 5.78 Å². The lowest BCUT2D eigenvalue weighted by molar-refractivity contribution is -0.117. The van der Waals surface area contributed by atoms with Crippen LogP contribution in [0.4, 0.5) is 0 Å². The monoisotopic (exact) mass is 214 g/mol. The van der Waals surface area contributed by atoms with Crippen molar-refractivity contribution in [2.24, 2.45) is 5.92 Å². The van der Waals surface area contributed by atoms with Crippen LogP contribution < -0.4 is 0 Å². The first-order chi connectivity index (χ1) is 6.43. The van der Waals surface area contributed by atoms with E-state index in [0.29, 0.717) is 11.7 Å². The lowest BCUT2D eigenvalue weighted by atomic mass is 10.0. The van der Waals surface area contributed by atoms with Gasteiger partial charge >= 0.3 is 0 Å². The first-order valence-corrected chi connectivity index (χ1v) is 5.06. The van der Waals surface area contributed by atoms with Crippen molar-refractivity contribution in [3.63, 3.8) is 0 Å². The number of hydrogen-bond acceptors (Lipinski definition) is 2. The van der Waals surface area contributed by atoms with Gasteiger partial charge in [-0.05, 0) is 32.8 Å². The Balaban J connectivity index is -0.000000187. The molecular formula is C13H26O2. The third-order valence-corrected chi connectivity index (χ3v) is 1.73. The Morgan fingerprint density at radius 3 is 1.80 bits per heavy atom. The van der Waals surface area contributed by atoms with Gasteiger partial charge in [-0.1, -0.05) is 33.8 Å². The van der Waals surface area contributed by atoms with Crippen LogP contribution in [0.15, 0.2) is 12.2 Å². The minimum absolute atomic E-state index is 0. The van der Waals surface area contributed by atoms with E-state index in [9.17, 15) is 9.59 Å². The highest BCUT2D eigenvalue weighted by atomic mass is 16.1. The molecule has 90 valence electrons. The van der Waals surface area contributed by atoms with Crippen LogP contribution in [-0.2, 0) is 9.59 Å². The highest BCUT2D eigenvalue weighted by molar-refractivity contribution is 5.87. The molecule has 0 amide bonds. The number of hydrogen-bond donors (Lipinski definition) is 0. The van der Waals surface area contributed by atoms with Crippen molar-refractivity contribution in [1.82, 2.24) is 0 Å². The molecule has 0 saturated heterocycles. The van der Waals surface area contributed by atoms with Crippen LogP contribution in [0.5, 0.6) is 0 Å². The summed E-state index contributed by atoms with van der Waals surface area (Å²) in [6.45, 7) is 9.20. The first-order valence-electron chi connectivity index (χ1n) is 5.06. The molecule has 0 N–H and O–H groups in total. The molecule has 2 nitrogen and oxygen atoms in total. The largest absolute Gasteiger partial charge is 0.300 e. The first kappa shape index (κ1) is 19.6. The summed E-state index contributed by atoms with van der Waals surface area (Å²) in [4.78, 5) is 20.4. The second kappa shape index (κ2) is 13.1. The van der Waals surface area contributed by atoms with Crippen LogP contribution in [0.3, 0.4) is 0 Å². The SMILES string of the molecule is C.C/C=C/C(C)=O.CC[C@H](C)CC(C)=O. The molecule has 0 aromatic heterocycles. The molecule has 0 aliphatic rings. The van der Waals surface area contributed by atoms with Gasteiger partial charge in [-0.2, -0.15) is 0 Å². The molecule has 0 bridgehead atoms. The Labute approximate surface area is 94.8 Å². The fourth-order valence-corrected chi connectivity index (χ4v) is 0.870. The Bertz CT molecular complexity index is 193. The molecule has 0 rings (SSSR count). The van der Waals surface area contributed by atoms with Gasteiger partial charge in [0.05, 0.1) is 0 Å². The molecule has 0 spiro atoms. The van der Waals surface area contributed by atoms with E-state index >= 15 is 0 Å². The van der Waals surface area contributed by atoms with E-state index in [-0.39, 0.29) is 13.2 Å². The van der Waals surface area contributed by atoms with Gasteiger partial charge in [-0.15, -0.1) is 0 Å². The summed E-state index contributed by atoms with van der Waals surface area (Å²) in [6.07, 6.45) is 5.11. The predicted octanol–water partition coefficient (Wildman–Crippen LogP) is 3.80. The number of ketones is 2. The van der Waals surface area contributed by atoms with Gasteiger partial charge in [-0.3, -0.25) is 4.79 Å². The Morgan fingerprint density at radius 1 is 1.27 bits per heavy atom. The summed E-state index contributed by atoms with van der Waals surface area (Å²) in [5.74, 6) is 0.990. The fraction of sp³-hybridized carbons (Fsp3) is 0.692. The summed E-state index contributed by atoms with van der Waals surface area (Å²) >= 11 is 0. The lowest BCUT2D eigenvalue weighted by Crippen LogP contribution is -1.98. The van der Waals surface area contributed by atoms with E-state index in [1.165, 1.54) is 13.0 Å². The number of allylic oxidation sites excluding steroid dienone is 2. The van der Waals surface area contributed by atoms with Crippen LogP contribution in [0.2, 0.25) is 0 Å². The standard InChI is InChI=1S/C7H14O.C5H8O.CH4/c1-4-6(2)5-7(3)8;1-3-4-5(2)6;/h6H,4-5H2,1-3H3;3-4H,1-2H3;1H4/b;4-3+;/t6-;;/m0../s1. The zero-order valence-corrected chi connectivity index (χ0v) is 9.96. The van der Waals surface area contributed by atoms with Gasteiger partial charge in [-0.25, -0.2) is 0 Å². The number of carbonyl (C=O) groups is 2. The molecule has 0 aromatic rings. The molecule has 1 atom stereocenters. The van der Waals surface area contributed by atoms with E-state index in [1.807, 2.05) is 6.92 Å². The lowest BCUT2D eigenvalue weighted by Gasteiger charge is -2.01. The second-order valence-electron chi connectivity index (χ2n) is 3.53. The maximum absolute atomic E-state index is 10.4. The second-order valence-corrected chi connectivity index (χ2v) is 3.53. The molecule has 15 heavy (non-hydrogen) atoms. The summed E-state index contributed by atoms with van der Waals surface area (Å²) in [6, 6.07) is 0. The highest BCUT2D eigenvalue weighted by Gasteiger charge is 2.00. The molecule has 0 saturated carbocycles. The Morgan fingerprint density at radius 2 is 1.73 bits per heavy atom. The molecule has 0 unspecified atom stereocenters. The molecule has 0 radical (unpaired) electrons. The number of rotatable bonds is 4.